The molecule has 1 amide bonds. The zero-order valence-corrected chi connectivity index (χ0v) is 16.6. The van der Waals surface area contributed by atoms with Gasteiger partial charge in [-0.15, -0.1) is 0 Å². The number of nitrogens with one attached hydrogen (secondary N) is 1. The maximum atomic E-state index is 12.7. The molecule has 3 aromatic rings. The zero-order chi connectivity index (χ0) is 20.5. The van der Waals surface area contributed by atoms with Crippen molar-refractivity contribution in [3.63, 3.8) is 0 Å². The Bertz CT molecular complexity index is 1140. The lowest BCUT2D eigenvalue weighted by Gasteiger charge is -2.10. The number of ether oxygens (including phenoxy) is 2. The predicted molar refractivity (Wildman–Crippen MR) is 111 cm³/mol. The van der Waals surface area contributed by atoms with Gasteiger partial charge < -0.3 is 19.4 Å². The van der Waals surface area contributed by atoms with E-state index in [-0.39, 0.29) is 30.1 Å². The van der Waals surface area contributed by atoms with Gasteiger partial charge in [-0.3, -0.25) is 9.59 Å². The van der Waals surface area contributed by atoms with Gasteiger partial charge >= 0.3 is 0 Å². The number of hydrogen-bond donors (Lipinski definition) is 1. The quantitative estimate of drug-likeness (QED) is 0.675. The molecule has 0 bridgehead atoms. The lowest BCUT2D eigenvalue weighted by Crippen LogP contribution is -2.34. The van der Waals surface area contributed by atoms with Crippen LogP contribution in [0.2, 0.25) is 0 Å². The fourth-order valence-corrected chi connectivity index (χ4v) is 3.40. The van der Waals surface area contributed by atoms with Crippen LogP contribution in [0, 0.1) is 0 Å². The van der Waals surface area contributed by atoms with Crippen molar-refractivity contribution in [1.29, 1.82) is 0 Å². The Hall–Kier alpha value is -3.54. The van der Waals surface area contributed by atoms with Gasteiger partial charge in [0, 0.05) is 41.8 Å². The average molecular weight is 390 g/mol. The maximum absolute atomic E-state index is 12.7. The van der Waals surface area contributed by atoms with E-state index in [0.29, 0.717) is 17.1 Å². The molecule has 0 atom stereocenters. The molecule has 1 aromatic heterocycles. The van der Waals surface area contributed by atoms with Gasteiger partial charge in [-0.05, 0) is 38.1 Å². The van der Waals surface area contributed by atoms with Crippen molar-refractivity contribution >= 4 is 28.7 Å². The molecule has 0 spiro atoms. The molecule has 1 aliphatic heterocycles. The van der Waals surface area contributed by atoms with Crippen LogP contribution in [0.5, 0.6) is 11.5 Å². The van der Waals surface area contributed by atoms with Crippen LogP contribution in [0.4, 0.5) is 0 Å². The molecule has 148 valence electrons. The number of aromatic nitrogens is 1. The van der Waals surface area contributed by atoms with E-state index in [1.54, 1.807) is 24.3 Å². The Labute approximate surface area is 168 Å². The van der Waals surface area contributed by atoms with Crippen molar-refractivity contribution in [2.75, 3.05) is 6.61 Å². The summed E-state index contributed by atoms with van der Waals surface area (Å²) in [7, 11) is 1.97. The molecule has 0 unspecified atom stereocenters. The highest BCUT2D eigenvalue weighted by Gasteiger charge is 2.28. The predicted octanol–water partition coefficient (Wildman–Crippen LogP) is 3.70. The molecule has 4 rings (SSSR count). The lowest BCUT2D eigenvalue weighted by atomic mass is 10.1. The van der Waals surface area contributed by atoms with Crippen LogP contribution < -0.4 is 14.8 Å². The molecule has 0 saturated heterocycles. The molecule has 6 heteroatoms. The van der Waals surface area contributed by atoms with E-state index in [1.807, 2.05) is 55.9 Å². The van der Waals surface area contributed by atoms with E-state index in [1.165, 1.54) is 0 Å². The monoisotopic (exact) mass is 390 g/mol. The van der Waals surface area contributed by atoms with Gasteiger partial charge in [-0.25, -0.2) is 0 Å². The summed E-state index contributed by atoms with van der Waals surface area (Å²) in [5.74, 6) is 0.808. The van der Waals surface area contributed by atoms with E-state index in [9.17, 15) is 9.59 Å². The number of allylic oxidation sites excluding steroid dienone is 1. The van der Waals surface area contributed by atoms with E-state index in [0.717, 1.165) is 16.5 Å². The van der Waals surface area contributed by atoms with Crippen molar-refractivity contribution in [2.24, 2.45) is 7.05 Å². The minimum atomic E-state index is -0.200. The summed E-state index contributed by atoms with van der Waals surface area (Å²) < 4.78 is 13.3. The standard InChI is InChI=1S/C23H22N2O4/c1-14(2)24-22(26)13-28-16-8-9-18-20(11-16)29-21(23(18)27)10-15-12-25(3)19-7-5-4-6-17(15)19/h4-12,14H,13H2,1-3H3,(H,24,26). The minimum absolute atomic E-state index is 0.0499. The Kier molecular flexibility index (Phi) is 4.84. The highest BCUT2D eigenvalue weighted by Crippen LogP contribution is 2.35. The molecule has 1 aliphatic rings. The largest absolute Gasteiger partial charge is 0.484 e. The first kappa shape index (κ1) is 18.8. The third kappa shape index (κ3) is 3.74. The summed E-state index contributed by atoms with van der Waals surface area (Å²) >= 11 is 0. The second kappa shape index (κ2) is 7.47. The van der Waals surface area contributed by atoms with Crippen LogP contribution in [0.25, 0.3) is 17.0 Å². The highest BCUT2D eigenvalue weighted by molar-refractivity contribution is 6.15. The number of benzene rings is 2. The van der Waals surface area contributed by atoms with E-state index in [2.05, 4.69) is 5.32 Å². The summed E-state index contributed by atoms with van der Waals surface area (Å²) in [6.07, 6.45) is 3.74. The molecule has 0 aliphatic carbocycles. The molecule has 0 fully saturated rings. The van der Waals surface area contributed by atoms with Gasteiger partial charge in [0.2, 0.25) is 5.78 Å². The van der Waals surface area contributed by atoms with Crippen LogP contribution in [-0.2, 0) is 11.8 Å². The number of amides is 1. The number of carbonyl (C=O) groups excluding carboxylic acids is 2. The van der Waals surface area contributed by atoms with Gasteiger partial charge in [-0.1, -0.05) is 18.2 Å². The van der Waals surface area contributed by atoms with Crippen LogP contribution in [0.15, 0.2) is 54.4 Å². The molecule has 1 N–H and O–H groups in total. The molecule has 6 nitrogen and oxygen atoms in total. The van der Waals surface area contributed by atoms with E-state index in [4.69, 9.17) is 9.47 Å². The summed E-state index contributed by atoms with van der Waals surface area (Å²) in [6, 6.07) is 13.0. The van der Waals surface area contributed by atoms with Crippen molar-refractivity contribution in [3.8, 4) is 11.5 Å². The SMILES string of the molecule is CC(C)NC(=O)COc1ccc2c(c1)OC(=Cc1cn(C)c3ccccc13)C2=O. The Morgan fingerprint density at radius 2 is 2.03 bits per heavy atom. The van der Waals surface area contributed by atoms with Crippen molar-refractivity contribution in [3.05, 3.63) is 65.5 Å². The third-order valence-electron chi connectivity index (χ3n) is 4.68. The van der Waals surface area contributed by atoms with Crippen LogP contribution in [0.3, 0.4) is 0 Å². The molecule has 0 saturated carbocycles. The van der Waals surface area contributed by atoms with E-state index < -0.39 is 0 Å². The van der Waals surface area contributed by atoms with Gasteiger partial charge in [-0.2, -0.15) is 0 Å². The summed E-state index contributed by atoms with van der Waals surface area (Å²) in [5, 5.41) is 3.81. The number of fused-ring (bicyclic) bond motifs is 2. The molecular weight excluding hydrogens is 368 g/mol. The van der Waals surface area contributed by atoms with E-state index >= 15 is 0 Å². The molecule has 2 heterocycles. The van der Waals surface area contributed by atoms with Crippen LogP contribution in [0.1, 0.15) is 29.8 Å². The number of para-hydroxylation sites is 1. The first-order valence-corrected chi connectivity index (χ1v) is 9.47. The lowest BCUT2D eigenvalue weighted by molar-refractivity contribution is -0.123. The number of rotatable bonds is 5. The average Bonchev–Trinajstić information content (AvgIpc) is 3.17. The maximum Gasteiger partial charge on any atom is 0.258 e. The van der Waals surface area contributed by atoms with Crippen LogP contribution >= 0.6 is 0 Å². The summed E-state index contributed by atoms with van der Waals surface area (Å²) in [4.78, 5) is 24.5. The molecule has 0 radical (unpaired) electrons. The minimum Gasteiger partial charge on any atom is -0.484 e. The fourth-order valence-electron chi connectivity index (χ4n) is 3.40. The zero-order valence-electron chi connectivity index (χ0n) is 16.6. The molecule has 29 heavy (non-hydrogen) atoms. The third-order valence-corrected chi connectivity index (χ3v) is 4.68. The number of nitrogens with zero attached hydrogens (tertiary/aromatic N) is 1. The van der Waals surface area contributed by atoms with Crippen molar-refractivity contribution in [2.45, 2.75) is 19.9 Å². The second-order valence-electron chi connectivity index (χ2n) is 7.32. The van der Waals surface area contributed by atoms with Crippen LogP contribution in [-0.4, -0.2) is 28.9 Å². The fraction of sp³-hybridized carbons (Fsp3) is 0.217. The Morgan fingerprint density at radius 3 is 2.83 bits per heavy atom. The number of hydrogen-bond acceptors (Lipinski definition) is 4. The van der Waals surface area contributed by atoms with Gasteiger partial charge in [0.25, 0.3) is 5.91 Å². The second-order valence-corrected chi connectivity index (χ2v) is 7.32. The summed E-state index contributed by atoms with van der Waals surface area (Å²) in [6.45, 7) is 3.68. The van der Waals surface area contributed by atoms with Crippen molar-refractivity contribution < 1.29 is 19.1 Å². The number of Topliss-reactive ketones (excluding diaryl/α,β-unsaturated/α-hetero) is 1. The number of carbonyl (C=O) groups is 2. The first-order valence-electron chi connectivity index (χ1n) is 9.47. The Balaban J connectivity index is 1.55. The summed E-state index contributed by atoms with van der Waals surface area (Å²) in [5.41, 5.74) is 2.48. The smallest absolute Gasteiger partial charge is 0.258 e. The molecular formula is C23H22N2O4. The number of ketones is 1. The van der Waals surface area contributed by atoms with Gasteiger partial charge in [0.15, 0.2) is 12.4 Å². The Morgan fingerprint density at radius 1 is 1.24 bits per heavy atom. The number of aryl methyl sites for hydroxylation is 1. The topological polar surface area (TPSA) is 69.6 Å². The van der Waals surface area contributed by atoms with Gasteiger partial charge in [0.1, 0.15) is 11.5 Å². The highest BCUT2D eigenvalue weighted by atomic mass is 16.5. The first-order chi connectivity index (χ1) is 13.9. The normalized spacial score (nSPS) is 14.3. The van der Waals surface area contributed by atoms with Crippen molar-refractivity contribution in [1.82, 2.24) is 9.88 Å². The van der Waals surface area contributed by atoms with Gasteiger partial charge in [0.05, 0.1) is 5.56 Å². The molecule has 2 aromatic carbocycles.